The van der Waals surface area contributed by atoms with Crippen molar-refractivity contribution in [3.63, 3.8) is 0 Å². The number of nitrogens with one attached hydrogen (secondary N) is 2. The summed E-state index contributed by atoms with van der Waals surface area (Å²) >= 11 is 1.55. The molecule has 0 saturated carbocycles. The minimum absolute atomic E-state index is 0.299. The summed E-state index contributed by atoms with van der Waals surface area (Å²) in [6.45, 7) is 3.49. The number of thiophene rings is 1. The fourth-order valence-electron chi connectivity index (χ4n) is 3.02. The SMILES string of the molecule is Cc1nn(-c2ccccc2)c(C)c1C(=O)C(=O)Nc1cc(-c2cccs2)[nH]n1. The van der Waals surface area contributed by atoms with Crippen LogP contribution in [0.5, 0.6) is 0 Å². The molecule has 0 fully saturated rings. The number of anilines is 1. The summed E-state index contributed by atoms with van der Waals surface area (Å²) in [5.74, 6) is -1.09. The van der Waals surface area contributed by atoms with Gasteiger partial charge < -0.3 is 5.32 Å². The molecule has 0 unspecified atom stereocenters. The third-order valence-electron chi connectivity index (χ3n) is 4.33. The molecule has 3 heterocycles. The summed E-state index contributed by atoms with van der Waals surface area (Å²) in [7, 11) is 0. The molecule has 28 heavy (non-hydrogen) atoms. The molecule has 0 saturated heterocycles. The van der Waals surface area contributed by atoms with Crippen LogP contribution < -0.4 is 5.32 Å². The van der Waals surface area contributed by atoms with Crippen molar-refractivity contribution >= 4 is 28.8 Å². The molecule has 0 spiro atoms. The highest BCUT2D eigenvalue weighted by Crippen LogP contribution is 2.24. The average molecular weight is 391 g/mol. The zero-order chi connectivity index (χ0) is 19.7. The maximum atomic E-state index is 12.8. The number of aromatic nitrogens is 4. The van der Waals surface area contributed by atoms with E-state index in [1.54, 1.807) is 35.9 Å². The Morgan fingerprint density at radius 3 is 2.61 bits per heavy atom. The first-order chi connectivity index (χ1) is 13.5. The molecule has 140 valence electrons. The number of amides is 1. The van der Waals surface area contributed by atoms with Gasteiger partial charge in [0.2, 0.25) is 0 Å². The van der Waals surface area contributed by atoms with Gasteiger partial charge in [0.25, 0.3) is 11.7 Å². The van der Waals surface area contributed by atoms with Crippen LogP contribution in [-0.4, -0.2) is 31.7 Å². The molecular formula is C20H17N5O2S. The Morgan fingerprint density at radius 1 is 1.11 bits per heavy atom. The van der Waals surface area contributed by atoms with E-state index >= 15 is 0 Å². The highest BCUT2D eigenvalue weighted by molar-refractivity contribution is 7.13. The van der Waals surface area contributed by atoms with Crippen molar-refractivity contribution in [1.82, 2.24) is 20.0 Å². The Labute approximate surface area is 165 Å². The van der Waals surface area contributed by atoms with Gasteiger partial charge in [-0.2, -0.15) is 10.2 Å². The van der Waals surface area contributed by atoms with Gasteiger partial charge >= 0.3 is 0 Å². The molecule has 3 aromatic heterocycles. The minimum atomic E-state index is -0.747. The van der Waals surface area contributed by atoms with Crippen LogP contribution in [0.1, 0.15) is 21.7 Å². The lowest BCUT2D eigenvalue weighted by Crippen LogP contribution is -2.24. The number of hydrogen-bond acceptors (Lipinski definition) is 5. The zero-order valence-corrected chi connectivity index (χ0v) is 16.1. The topological polar surface area (TPSA) is 92.7 Å². The third-order valence-corrected chi connectivity index (χ3v) is 5.23. The predicted molar refractivity (Wildman–Crippen MR) is 108 cm³/mol. The number of carbonyl (C=O) groups is 2. The van der Waals surface area contributed by atoms with E-state index < -0.39 is 11.7 Å². The second-order valence-electron chi connectivity index (χ2n) is 6.22. The van der Waals surface area contributed by atoms with Crippen LogP contribution in [0.4, 0.5) is 5.82 Å². The Bertz CT molecular complexity index is 1140. The summed E-state index contributed by atoms with van der Waals surface area (Å²) in [4.78, 5) is 26.3. The molecule has 0 bridgehead atoms. The normalized spacial score (nSPS) is 10.8. The molecule has 4 rings (SSSR count). The fourth-order valence-corrected chi connectivity index (χ4v) is 3.71. The van der Waals surface area contributed by atoms with E-state index in [2.05, 4.69) is 20.6 Å². The first-order valence-electron chi connectivity index (χ1n) is 8.61. The molecule has 0 radical (unpaired) electrons. The molecule has 1 amide bonds. The number of carbonyl (C=O) groups excluding carboxylic acids is 2. The molecule has 2 N–H and O–H groups in total. The van der Waals surface area contributed by atoms with Crippen molar-refractivity contribution in [3.05, 3.63) is 70.9 Å². The number of nitrogens with zero attached hydrogens (tertiary/aromatic N) is 3. The van der Waals surface area contributed by atoms with Gasteiger partial charge in [0, 0.05) is 6.07 Å². The van der Waals surface area contributed by atoms with E-state index in [1.165, 1.54) is 0 Å². The summed E-state index contributed by atoms with van der Waals surface area (Å²) in [5, 5.41) is 15.9. The van der Waals surface area contributed by atoms with E-state index in [-0.39, 0.29) is 0 Å². The van der Waals surface area contributed by atoms with Gasteiger partial charge in [0.05, 0.1) is 33.2 Å². The maximum absolute atomic E-state index is 12.8. The second kappa shape index (κ2) is 7.24. The number of benzene rings is 1. The molecule has 0 aliphatic carbocycles. The van der Waals surface area contributed by atoms with Crippen molar-refractivity contribution in [1.29, 1.82) is 0 Å². The zero-order valence-electron chi connectivity index (χ0n) is 15.3. The molecular weight excluding hydrogens is 374 g/mol. The highest BCUT2D eigenvalue weighted by atomic mass is 32.1. The Hall–Kier alpha value is -3.52. The van der Waals surface area contributed by atoms with Crippen molar-refractivity contribution in [3.8, 4) is 16.3 Å². The number of hydrogen-bond donors (Lipinski definition) is 2. The smallest absolute Gasteiger partial charge is 0.298 e. The minimum Gasteiger partial charge on any atom is -0.302 e. The van der Waals surface area contributed by atoms with Crippen molar-refractivity contribution in [2.24, 2.45) is 0 Å². The Morgan fingerprint density at radius 2 is 1.89 bits per heavy atom. The number of Topliss-reactive ketones (excluding diaryl/α,β-unsaturated/α-hetero) is 1. The lowest BCUT2D eigenvalue weighted by molar-refractivity contribution is -0.112. The highest BCUT2D eigenvalue weighted by Gasteiger charge is 2.25. The Kier molecular flexibility index (Phi) is 4.62. The van der Waals surface area contributed by atoms with Gasteiger partial charge in [0.15, 0.2) is 5.82 Å². The van der Waals surface area contributed by atoms with Crippen LogP contribution in [0.15, 0.2) is 53.9 Å². The lowest BCUT2D eigenvalue weighted by Gasteiger charge is -2.05. The van der Waals surface area contributed by atoms with Gasteiger partial charge in [-0.25, -0.2) is 4.68 Å². The quantitative estimate of drug-likeness (QED) is 0.400. The van der Waals surface area contributed by atoms with Crippen molar-refractivity contribution in [2.75, 3.05) is 5.32 Å². The predicted octanol–water partition coefficient (Wildman–Crippen LogP) is 3.76. The van der Waals surface area contributed by atoms with Gasteiger partial charge in [0.1, 0.15) is 0 Å². The maximum Gasteiger partial charge on any atom is 0.298 e. The first-order valence-corrected chi connectivity index (χ1v) is 9.49. The monoisotopic (exact) mass is 391 g/mol. The van der Waals surface area contributed by atoms with E-state index in [0.717, 1.165) is 16.3 Å². The number of aromatic amines is 1. The molecule has 4 aromatic rings. The van der Waals surface area contributed by atoms with Crippen LogP contribution >= 0.6 is 11.3 Å². The molecule has 0 aliphatic heterocycles. The largest absolute Gasteiger partial charge is 0.302 e. The summed E-state index contributed by atoms with van der Waals surface area (Å²) in [6, 6.07) is 15.0. The molecule has 1 aromatic carbocycles. The number of aryl methyl sites for hydroxylation is 1. The van der Waals surface area contributed by atoms with Gasteiger partial charge in [-0.15, -0.1) is 11.3 Å². The molecule has 8 heteroatoms. The number of rotatable bonds is 5. The molecule has 0 atom stereocenters. The standard InChI is InChI=1S/C20H17N5O2S/c1-12-18(13(2)25(24-12)14-7-4-3-5-8-14)19(26)20(27)21-17-11-15(22-23-17)16-9-6-10-28-16/h3-11H,1-2H3,(H2,21,22,23,27). The summed E-state index contributed by atoms with van der Waals surface area (Å²) in [5.41, 5.74) is 3.03. The second-order valence-corrected chi connectivity index (χ2v) is 7.17. The van der Waals surface area contributed by atoms with Crippen LogP contribution in [-0.2, 0) is 4.79 Å². The lowest BCUT2D eigenvalue weighted by atomic mass is 10.1. The number of H-pyrrole nitrogens is 1. The Balaban J connectivity index is 1.56. The first kappa shape index (κ1) is 17.9. The van der Waals surface area contributed by atoms with E-state index in [1.807, 2.05) is 47.8 Å². The van der Waals surface area contributed by atoms with Crippen molar-refractivity contribution < 1.29 is 9.59 Å². The van der Waals surface area contributed by atoms with Gasteiger partial charge in [-0.1, -0.05) is 24.3 Å². The van der Waals surface area contributed by atoms with Crippen LogP contribution in [0, 0.1) is 13.8 Å². The summed E-state index contributed by atoms with van der Waals surface area (Å²) < 4.78 is 1.67. The number of ketones is 1. The van der Waals surface area contributed by atoms with Crippen LogP contribution in [0.2, 0.25) is 0 Å². The summed E-state index contributed by atoms with van der Waals surface area (Å²) in [6.07, 6.45) is 0. The van der Waals surface area contributed by atoms with Gasteiger partial charge in [-0.05, 0) is 37.4 Å². The van der Waals surface area contributed by atoms with E-state index in [9.17, 15) is 9.59 Å². The molecule has 0 aliphatic rings. The number of para-hydroxylation sites is 1. The fraction of sp³-hybridized carbons (Fsp3) is 0.100. The molecule has 7 nitrogen and oxygen atoms in total. The average Bonchev–Trinajstić information content (AvgIpc) is 3.43. The van der Waals surface area contributed by atoms with E-state index in [0.29, 0.717) is 22.8 Å². The van der Waals surface area contributed by atoms with Crippen LogP contribution in [0.3, 0.4) is 0 Å². The van der Waals surface area contributed by atoms with Crippen LogP contribution in [0.25, 0.3) is 16.3 Å². The third kappa shape index (κ3) is 3.25. The van der Waals surface area contributed by atoms with E-state index in [4.69, 9.17) is 0 Å². The van der Waals surface area contributed by atoms with Gasteiger partial charge in [-0.3, -0.25) is 14.7 Å². The van der Waals surface area contributed by atoms with Crippen molar-refractivity contribution in [2.45, 2.75) is 13.8 Å².